The van der Waals surface area contributed by atoms with E-state index in [0.717, 1.165) is 0 Å². The minimum atomic E-state index is -1.43. The first-order valence-corrected chi connectivity index (χ1v) is 9.26. The lowest BCUT2D eigenvalue weighted by Crippen LogP contribution is -2.41. The Morgan fingerprint density at radius 2 is 1.82 bits per heavy atom. The topological polar surface area (TPSA) is 50.3 Å². The number of halogens is 4. The highest BCUT2D eigenvalue weighted by molar-refractivity contribution is 7.71. The fourth-order valence-corrected chi connectivity index (χ4v) is 4.17. The summed E-state index contributed by atoms with van der Waals surface area (Å²) >= 11 is 5.26. The zero-order valence-electron chi connectivity index (χ0n) is 14.7. The second kappa shape index (κ2) is 7.32. The molecule has 0 bridgehead atoms. The maximum Gasteiger partial charge on any atom is 0.228 e. The number of nitrogens with zero attached hydrogens (tertiary/aromatic N) is 2. The first-order chi connectivity index (χ1) is 13.4. The number of rotatable bonds is 3. The van der Waals surface area contributed by atoms with Crippen LogP contribution < -0.4 is 0 Å². The molecule has 1 aromatic heterocycles. The number of aromatic amines is 1. The number of nitrogens with one attached hydrogen (secondary N) is 1. The first kappa shape index (κ1) is 19.1. The fraction of sp³-hybridized carbons (Fsp3) is 0.444. The van der Waals surface area contributed by atoms with Crippen LogP contribution in [0.2, 0.25) is 0 Å². The van der Waals surface area contributed by atoms with Crippen LogP contribution in [-0.2, 0) is 28.9 Å². The van der Waals surface area contributed by atoms with Crippen LogP contribution in [0.1, 0.15) is 22.9 Å². The largest absolute Gasteiger partial charge is 0.378 e. The van der Waals surface area contributed by atoms with Crippen LogP contribution in [0.15, 0.2) is 6.07 Å². The highest BCUT2D eigenvalue weighted by Gasteiger charge is 2.34. The summed E-state index contributed by atoms with van der Waals surface area (Å²) in [7, 11) is 0. The SMILES string of the molecule is O=C(Cc1[nH]c(=S)n2c1CC(c1c(F)c(F)cc(F)c1F)C2)N1CCOCC1. The highest BCUT2D eigenvalue weighted by Crippen LogP contribution is 2.36. The summed E-state index contributed by atoms with van der Waals surface area (Å²) in [5, 5.41) is 0. The fourth-order valence-electron chi connectivity index (χ4n) is 3.86. The summed E-state index contributed by atoms with van der Waals surface area (Å²) in [6.07, 6.45) is 0.177. The molecule has 1 fully saturated rings. The quantitative estimate of drug-likeness (QED) is 0.477. The number of amides is 1. The number of aromatic nitrogens is 2. The van der Waals surface area contributed by atoms with Crippen molar-refractivity contribution in [1.29, 1.82) is 0 Å². The van der Waals surface area contributed by atoms with Gasteiger partial charge in [-0.05, 0) is 18.6 Å². The van der Waals surface area contributed by atoms with E-state index < -0.39 is 34.8 Å². The van der Waals surface area contributed by atoms with Crippen LogP contribution in [0.4, 0.5) is 17.6 Å². The molecule has 2 aliphatic rings. The van der Waals surface area contributed by atoms with Crippen LogP contribution in [0.25, 0.3) is 0 Å². The first-order valence-electron chi connectivity index (χ1n) is 8.85. The van der Waals surface area contributed by atoms with Crippen molar-refractivity contribution < 1.29 is 27.1 Å². The lowest BCUT2D eigenvalue weighted by molar-refractivity contribution is -0.134. The normalized spacial score (nSPS) is 19.1. The maximum atomic E-state index is 14.2. The molecule has 2 aromatic rings. The van der Waals surface area contributed by atoms with Gasteiger partial charge in [-0.25, -0.2) is 17.6 Å². The third kappa shape index (κ3) is 3.24. The molecule has 1 aromatic carbocycles. The Labute approximate surface area is 162 Å². The van der Waals surface area contributed by atoms with Gasteiger partial charge in [0.05, 0.1) is 19.6 Å². The van der Waals surface area contributed by atoms with E-state index in [2.05, 4.69) is 4.98 Å². The molecule has 0 saturated carbocycles. The number of ether oxygens (including phenoxy) is 1. The second-order valence-corrected chi connectivity index (χ2v) is 7.31. The molecule has 28 heavy (non-hydrogen) atoms. The smallest absolute Gasteiger partial charge is 0.228 e. The number of H-pyrrole nitrogens is 1. The van der Waals surface area contributed by atoms with Crippen LogP contribution in [-0.4, -0.2) is 46.7 Å². The van der Waals surface area contributed by atoms with Gasteiger partial charge >= 0.3 is 0 Å². The van der Waals surface area contributed by atoms with E-state index in [9.17, 15) is 22.4 Å². The van der Waals surface area contributed by atoms with E-state index in [0.29, 0.717) is 42.5 Å². The highest BCUT2D eigenvalue weighted by atomic mass is 32.1. The number of carbonyl (C=O) groups is 1. The summed E-state index contributed by atoms with van der Waals surface area (Å²) in [6, 6.07) is 0.197. The second-order valence-electron chi connectivity index (χ2n) is 6.92. The van der Waals surface area contributed by atoms with Crippen molar-refractivity contribution in [2.75, 3.05) is 26.3 Å². The van der Waals surface area contributed by atoms with E-state index >= 15 is 0 Å². The average Bonchev–Trinajstić information content (AvgIpc) is 3.22. The number of benzene rings is 1. The van der Waals surface area contributed by atoms with Gasteiger partial charge in [0.1, 0.15) is 0 Å². The van der Waals surface area contributed by atoms with Gasteiger partial charge in [-0.3, -0.25) is 4.79 Å². The molecule has 1 atom stereocenters. The van der Waals surface area contributed by atoms with Crippen molar-refractivity contribution in [2.24, 2.45) is 0 Å². The molecular weight excluding hydrogens is 398 g/mol. The predicted octanol–water partition coefficient (Wildman–Crippen LogP) is 2.84. The molecule has 1 saturated heterocycles. The Bertz CT molecular complexity index is 971. The molecule has 3 heterocycles. The molecule has 0 radical (unpaired) electrons. The monoisotopic (exact) mass is 415 g/mol. The molecular formula is C18H17F4N3O2S. The van der Waals surface area contributed by atoms with Crippen LogP contribution in [0, 0.1) is 28.0 Å². The molecule has 0 aliphatic carbocycles. The van der Waals surface area contributed by atoms with E-state index in [1.54, 1.807) is 9.47 Å². The third-order valence-corrected chi connectivity index (χ3v) is 5.59. The number of hydrogen-bond acceptors (Lipinski definition) is 3. The van der Waals surface area contributed by atoms with Crippen molar-refractivity contribution >= 4 is 18.1 Å². The maximum absolute atomic E-state index is 14.2. The molecule has 4 rings (SSSR count). The van der Waals surface area contributed by atoms with Gasteiger partial charge in [0, 0.05) is 48.6 Å². The van der Waals surface area contributed by atoms with E-state index in [1.807, 2.05) is 0 Å². The van der Waals surface area contributed by atoms with Crippen molar-refractivity contribution in [3.63, 3.8) is 0 Å². The Kier molecular flexibility index (Phi) is 5.00. The molecule has 1 unspecified atom stereocenters. The van der Waals surface area contributed by atoms with Crippen LogP contribution in [0.3, 0.4) is 0 Å². The Balaban J connectivity index is 1.60. The number of imidazole rings is 1. The Morgan fingerprint density at radius 3 is 2.46 bits per heavy atom. The molecule has 0 spiro atoms. The standard InChI is InChI=1S/C18H17F4N3O2S/c19-10-6-11(20)17(22)15(16(10)21)9-5-13-12(23-18(28)25(13)8-9)7-14(26)24-1-3-27-4-2-24/h6,9H,1-5,7-8H2,(H,23,28). The van der Waals surface area contributed by atoms with Gasteiger partial charge in [0.2, 0.25) is 5.91 Å². The van der Waals surface area contributed by atoms with Crippen LogP contribution in [0.5, 0.6) is 0 Å². The Morgan fingerprint density at radius 1 is 1.18 bits per heavy atom. The Hall–Kier alpha value is -2.20. The molecule has 1 N–H and O–H groups in total. The molecule has 5 nitrogen and oxygen atoms in total. The molecule has 150 valence electrons. The zero-order valence-corrected chi connectivity index (χ0v) is 15.6. The van der Waals surface area contributed by atoms with Gasteiger partial charge < -0.3 is 19.2 Å². The summed E-state index contributed by atoms with van der Waals surface area (Å²) in [6.45, 7) is 2.02. The van der Waals surface area contributed by atoms with E-state index in [-0.39, 0.29) is 31.4 Å². The third-order valence-electron chi connectivity index (χ3n) is 5.27. The van der Waals surface area contributed by atoms with Gasteiger partial charge in [0.15, 0.2) is 28.0 Å². The van der Waals surface area contributed by atoms with E-state index in [4.69, 9.17) is 17.0 Å². The van der Waals surface area contributed by atoms with Crippen molar-refractivity contribution in [1.82, 2.24) is 14.5 Å². The number of carbonyl (C=O) groups excluding carboxylic acids is 1. The summed E-state index contributed by atoms with van der Waals surface area (Å²) in [4.78, 5) is 17.2. The summed E-state index contributed by atoms with van der Waals surface area (Å²) in [5.74, 6) is -6.57. The van der Waals surface area contributed by atoms with Crippen molar-refractivity contribution in [3.05, 3.63) is 51.1 Å². The van der Waals surface area contributed by atoms with Crippen molar-refractivity contribution in [2.45, 2.75) is 25.3 Å². The predicted molar refractivity (Wildman–Crippen MR) is 93.4 cm³/mol. The number of hydrogen-bond donors (Lipinski definition) is 1. The van der Waals surface area contributed by atoms with Gasteiger partial charge in [-0.2, -0.15) is 0 Å². The minimum absolute atomic E-state index is 0.0567. The van der Waals surface area contributed by atoms with Gasteiger partial charge in [-0.1, -0.05) is 0 Å². The summed E-state index contributed by atoms with van der Waals surface area (Å²) in [5.41, 5.74) is 0.558. The lowest BCUT2D eigenvalue weighted by atomic mass is 9.94. The van der Waals surface area contributed by atoms with Crippen LogP contribution >= 0.6 is 12.2 Å². The number of fused-ring (bicyclic) bond motifs is 1. The minimum Gasteiger partial charge on any atom is -0.378 e. The molecule has 10 heteroatoms. The molecule has 2 aliphatic heterocycles. The van der Waals surface area contributed by atoms with Crippen molar-refractivity contribution in [3.8, 4) is 0 Å². The average molecular weight is 415 g/mol. The zero-order chi connectivity index (χ0) is 20.0. The molecule has 1 amide bonds. The van der Waals surface area contributed by atoms with Gasteiger partial charge in [0.25, 0.3) is 0 Å². The number of morpholine rings is 1. The van der Waals surface area contributed by atoms with Gasteiger partial charge in [-0.15, -0.1) is 0 Å². The summed E-state index contributed by atoms with van der Waals surface area (Å²) < 4.78 is 62.7. The van der Waals surface area contributed by atoms with E-state index in [1.165, 1.54) is 0 Å². The lowest BCUT2D eigenvalue weighted by Gasteiger charge is -2.26.